The normalized spacial score (nSPS) is 56.9. The van der Waals surface area contributed by atoms with Gasteiger partial charge in [-0.2, -0.15) is 0 Å². The van der Waals surface area contributed by atoms with Gasteiger partial charge < -0.3 is 10.2 Å². The molecule has 2 fully saturated rings. The van der Waals surface area contributed by atoms with Crippen LogP contribution in [0.15, 0.2) is 12.2 Å². The minimum absolute atomic E-state index is 0.0199. The average Bonchev–Trinajstić information content (AvgIpc) is 2.73. The Kier molecular flexibility index (Phi) is 2.11. The molecule has 3 rings (SSSR count). The van der Waals surface area contributed by atoms with Gasteiger partial charge in [0.25, 0.3) is 0 Å². The van der Waals surface area contributed by atoms with Crippen molar-refractivity contribution < 1.29 is 15.0 Å². The summed E-state index contributed by atoms with van der Waals surface area (Å²) in [7, 11) is 0. The molecule has 18 heavy (non-hydrogen) atoms. The molecule has 2 saturated carbocycles. The van der Waals surface area contributed by atoms with Gasteiger partial charge in [-0.15, -0.1) is 0 Å². The molecule has 0 aliphatic heterocycles. The van der Waals surface area contributed by atoms with Crippen molar-refractivity contribution in [2.45, 2.75) is 46.3 Å². The summed E-state index contributed by atoms with van der Waals surface area (Å²) >= 11 is 0. The lowest BCUT2D eigenvalue weighted by molar-refractivity contribution is -0.135. The Labute approximate surface area is 108 Å². The van der Waals surface area contributed by atoms with Gasteiger partial charge in [-0.25, -0.2) is 0 Å². The first-order valence-electron chi connectivity index (χ1n) is 6.80. The van der Waals surface area contributed by atoms with Crippen molar-refractivity contribution in [1.29, 1.82) is 0 Å². The number of rotatable bonds is 0. The van der Waals surface area contributed by atoms with Crippen molar-refractivity contribution in [3.8, 4) is 0 Å². The van der Waals surface area contributed by atoms with Crippen molar-refractivity contribution in [2.75, 3.05) is 0 Å². The van der Waals surface area contributed by atoms with E-state index in [0.717, 1.165) is 0 Å². The zero-order valence-electron chi connectivity index (χ0n) is 11.5. The number of allylic oxidation sites excluding steroid dienone is 2. The predicted octanol–water partition coefficient (Wildman–Crippen LogP) is 1.54. The van der Waals surface area contributed by atoms with Gasteiger partial charge in [0.05, 0.1) is 17.6 Å². The number of hydrogen-bond donors (Lipinski definition) is 2. The van der Waals surface area contributed by atoms with Gasteiger partial charge in [0, 0.05) is 11.3 Å². The highest BCUT2D eigenvalue weighted by Gasteiger charge is 2.77. The fourth-order valence-electron chi connectivity index (χ4n) is 5.59. The van der Waals surface area contributed by atoms with Crippen molar-refractivity contribution in [3.63, 3.8) is 0 Å². The minimum atomic E-state index is -0.766. The Hall–Kier alpha value is -0.670. The van der Waals surface area contributed by atoms with E-state index >= 15 is 0 Å². The first-order valence-corrected chi connectivity index (χ1v) is 6.80. The number of hydrogen-bond acceptors (Lipinski definition) is 3. The molecule has 3 aliphatic rings. The van der Waals surface area contributed by atoms with Crippen LogP contribution in [0.25, 0.3) is 0 Å². The van der Waals surface area contributed by atoms with Crippen molar-refractivity contribution in [1.82, 2.24) is 0 Å². The maximum absolute atomic E-state index is 12.3. The van der Waals surface area contributed by atoms with Gasteiger partial charge in [-0.05, 0) is 30.8 Å². The highest BCUT2D eigenvalue weighted by atomic mass is 16.3. The van der Waals surface area contributed by atoms with Crippen LogP contribution in [-0.2, 0) is 4.79 Å². The first-order chi connectivity index (χ1) is 8.20. The second-order valence-corrected chi connectivity index (χ2v) is 7.24. The lowest BCUT2D eigenvalue weighted by Crippen LogP contribution is -2.46. The number of carbonyl (C=O) groups is 1. The van der Waals surface area contributed by atoms with Crippen LogP contribution in [0.5, 0.6) is 0 Å². The molecule has 0 saturated heterocycles. The van der Waals surface area contributed by atoms with E-state index in [4.69, 9.17) is 0 Å². The number of aliphatic hydroxyl groups excluding tert-OH is 2. The third-order valence-electron chi connectivity index (χ3n) is 6.28. The molecule has 0 radical (unpaired) electrons. The zero-order valence-corrected chi connectivity index (χ0v) is 11.5. The molecular formula is C15H22O3. The first kappa shape index (κ1) is 12.4. The average molecular weight is 250 g/mol. The second-order valence-electron chi connectivity index (χ2n) is 7.24. The fraction of sp³-hybridized carbons (Fsp3) is 0.800. The Morgan fingerprint density at radius 3 is 2.50 bits per heavy atom. The summed E-state index contributed by atoms with van der Waals surface area (Å²) in [5, 5.41) is 21.1. The van der Waals surface area contributed by atoms with Gasteiger partial charge >= 0.3 is 0 Å². The standard InChI is InChI=1S/C15H22O3/c1-8-7-9(16)11-13(2,3)12(18)14(4)10(17)5-6-15(8,11)14/h5-6,8-9,11-12,16,18H,7H2,1-4H3/t8-,9-,11+,12+,14+,15+/m1/s1. The van der Waals surface area contributed by atoms with E-state index in [-0.39, 0.29) is 23.0 Å². The van der Waals surface area contributed by atoms with Gasteiger partial charge in [-0.1, -0.05) is 26.8 Å². The highest BCUT2D eigenvalue weighted by Crippen LogP contribution is 2.74. The maximum Gasteiger partial charge on any atom is 0.164 e. The Morgan fingerprint density at radius 1 is 1.28 bits per heavy atom. The molecule has 3 nitrogen and oxygen atoms in total. The molecule has 6 atom stereocenters. The molecule has 0 aromatic carbocycles. The molecule has 1 spiro atoms. The van der Waals surface area contributed by atoms with E-state index < -0.39 is 23.0 Å². The topological polar surface area (TPSA) is 57.5 Å². The second kappa shape index (κ2) is 3.07. The van der Waals surface area contributed by atoms with Crippen LogP contribution in [0.4, 0.5) is 0 Å². The molecule has 0 aromatic rings. The predicted molar refractivity (Wildman–Crippen MR) is 67.8 cm³/mol. The van der Waals surface area contributed by atoms with E-state index in [1.54, 1.807) is 6.08 Å². The minimum Gasteiger partial charge on any atom is -0.393 e. The summed E-state index contributed by atoms with van der Waals surface area (Å²) < 4.78 is 0. The molecule has 3 aliphatic carbocycles. The zero-order chi connectivity index (χ0) is 13.5. The van der Waals surface area contributed by atoms with E-state index in [1.165, 1.54) is 0 Å². The SMILES string of the molecule is C[C@@H]1C[C@@H](O)[C@H]2C(C)(C)[C@H](O)[C@]3(C)C(=O)C=C[C@]123. The van der Waals surface area contributed by atoms with Crippen LogP contribution in [0, 0.1) is 28.1 Å². The van der Waals surface area contributed by atoms with Gasteiger partial charge in [0.1, 0.15) is 0 Å². The third kappa shape index (κ3) is 0.925. The van der Waals surface area contributed by atoms with Crippen molar-refractivity contribution in [2.24, 2.45) is 28.1 Å². The Morgan fingerprint density at radius 2 is 1.89 bits per heavy atom. The van der Waals surface area contributed by atoms with Crippen LogP contribution in [-0.4, -0.2) is 28.2 Å². The Bertz CT molecular complexity index is 453. The van der Waals surface area contributed by atoms with Crippen LogP contribution in [0.1, 0.15) is 34.1 Å². The van der Waals surface area contributed by atoms with Crippen LogP contribution in [0.2, 0.25) is 0 Å². The summed E-state index contributed by atoms with van der Waals surface area (Å²) in [5.41, 5.74) is -1.57. The lowest BCUT2D eigenvalue weighted by Gasteiger charge is -2.40. The van der Waals surface area contributed by atoms with Crippen molar-refractivity contribution in [3.05, 3.63) is 12.2 Å². The molecule has 0 aromatic heterocycles. The van der Waals surface area contributed by atoms with Crippen LogP contribution in [0.3, 0.4) is 0 Å². The molecule has 3 heteroatoms. The number of aliphatic hydroxyl groups is 2. The molecule has 0 heterocycles. The quantitative estimate of drug-likeness (QED) is 0.685. The fourth-order valence-corrected chi connectivity index (χ4v) is 5.59. The van der Waals surface area contributed by atoms with Gasteiger partial charge in [-0.3, -0.25) is 4.79 Å². The summed E-state index contributed by atoms with van der Waals surface area (Å²) in [6, 6.07) is 0. The smallest absolute Gasteiger partial charge is 0.164 e. The van der Waals surface area contributed by atoms with E-state index in [1.807, 2.05) is 26.8 Å². The molecule has 100 valence electrons. The van der Waals surface area contributed by atoms with Gasteiger partial charge in [0.15, 0.2) is 5.78 Å². The molecule has 0 bridgehead atoms. The van der Waals surface area contributed by atoms with Gasteiger partial charge in [0.2, 0.25) is 0 Å². The molecule has 2 N–H and O–H groups in total. The highest BCUT2D eigenvalue weighted by molar-refractivity contribution is 5.99. The number of ketones is 1. The van der Waals surface area contributed by atoms with Crippen LogP contribution >= 0.6 is 0 Å². The van der Waals surface area contributed by atoms with Crippen molar-refractivity contribution >= 4 is 5.78 Å². The summed E-state index contributed by atoms with van der Waals surface area (Å²) in [6.07, 6.45) is 3.20. The Balaban J connectivity index is 2.29. The molecule has 0 amide bonds. The third-order valence-corrected chi connectivity index (χ3v) is 6.28. The molecule has 0 unspecified atom stereocenters. The summed E-state index contributed by atoms with van der Waals surface area (Å²) in [5.74, 6) is 0.204. The monoisotopic (exact) mass is 250 g/mol. The summed E-state index contributed by atoms with van der Waals surface area (Å²) in [4.78, 5) is 12.3. The van der Waals surface area contributed by atoms with E-state index in [9.17, 15) is 15.0 Å². The summed E-state index contributed by atoms with van der Waals surface area (Å²) in [6.45, 7) is 7.95. The molecular weight excluding hydrogens is 228 g/mol. The lowest BCUT2D eigenvalue weighted by atomic mass is 9.61. The van der Waals surface area contributed by atoms with E-state index in [0.29, 0.717) is 6.42 Å². The maximum atomic E-state index is 12.3. The van der Waals surface area contributed by atoms with Crippen LogP contribution < -0.4 is 0 Å². The van der Waals surface area contributed by atoms with E-state index in [2.05, 4.69) is 6.92 Å². The number of carbonyl (C=O) groups excluding carboxylic acids is 1. The largest absolute Gasteiger partial charge is 0.393 e.